The first-order valence-electron chi connectivity index (χ1n) is 6.88. The number of hydrogen-bond acceptors (Lipinski definition) is 5. The molecule has 2 atom stereocenters. The van der Waals surface area contributed by atoms with Crippen molar-refractivity contribution in [1.29, 1.82) is 0 Å². The summed E-state index contributed by atoms with van der Waals surface area (Å²) in [5.74, 6) is -5.33. The van der Waals surface area contributed by atoms with Crippen LogP contribution in [0, 0.1) is 5.92 Å². The minimum Gasteiger partial charge on any atom is -0.481 e. The van der Waals surface area contributed by atoms with Gasteiger partial charge in [-0.2, -0.15) is 0 Å². The number of amides is 1. The van der Waals surface area contributed by atoms with E-state index in [1.165, 1.54) is 0 Å². The Morgan fingerprint density at radius 3 is 1.82 bits per heavy atom. The maximum atomic E-state index is 10.9. The SMILES string of the molecule is CCCCC(CN[C@@H](CC)C(N)=O)C(=O)O.O=C(O)C(=O)O. The largest absolute Gasteiger partial charge is 0.481 e. The van der Waals surface area contributed by atoms with E-state index in [2.05, 4.69) is 5.32 Å². The average Bonchev–Trinajstić information content (AvgIpc) is 2.42. The summed E-state index contributed by atoms with van der Waals surface area (Å²) in [6.45, 7) is 4.16. The van der Waals surface area contributed by atoms with Crippen LogP contribution in [0.15, 0.2) is 0 Å². The minimum absolute atomic E-state index is 0.302. The van der Waals surface area contributed by atoms with Crippen molar-refractivity contribution < 1.29 is 34.5 Å². The quantitative estimate of drug-likeness (QED) is 0.367. The molecule has 22 heavy (non-hydrogen) atoms. The maximum absolute atomic E-state index is 10.9. The third kappa shape index (κ3) is 11.6. The molecule has 0 fully saturated rings. The molecule has 9 nitrogen and oxygen atoms in total. The first-order chi connectivity index (χ1) is 10.2. The summed E-state index contributed by atoms with van der Waals surface area (Å²) in [4.78, 5) is 40.1. The molecule has 0 aromatic carbocycles. The summed E-state index contributed by atoms with van der Waals surface area (Å²) in [6, 6.07) is -0.427. The average molecular weight is 320 g/mol. The van der Waals surface area contributed by atoms with Crippen molar-refractivity contribution in [3.63, 3.8) is 0 Å². The van der Waals surface area contributed by atoms with Crippen molar-refractivity contribution in [3.8, 4) is 0 Å². The molecular weight excluding hydrogens is 296 g/mol. The first kappa shape index (κ1) is 22.1. The van der Waals surface area contributed by atoms with Gasteiger partial charge in [-0.15, -0.1) is 0 Å². The predicted octanol–water partition coefficient (Wildman–Crippen LogP) is -0.113. The third-order valence-corrected chi connectivity index (χ3v) is 2.80. The second-order valence-electron chi connectivity index (χ2n) is 4.56. The molecular formula is C13H24N2O7. The van der Waals surface area contributed by atoms with Crippen LogP contribution in [0.1, 0.15) is 39.5 Å². The molecule has 9 heteroatoms. The number of carboxylic acids is 3. The zero-order valence-corrected chi connectivity index (χ0v) is 12.7. The van der Waals surface area contributed by atoms with Crippen molar-refractivity contribution in [2.75, 3.05) is 6.54 Å². The Morgan fingerprint density at radius 1 is 1.05 bits per heavy atom. The summed E-state index contributed by atoms with van der Waals surface area (Å²) < 4.78 is 0. The van der Waals surface area contributed by atoms with Gasteiger partial charge in [-0.1, -0.05) is 26.7 Å². The number of primary amides is 1. The highest BCUT2D eigenvalue weighted by Crippen LogP contribution is 2.08. The van der Waals surface area contributed by atoms with Crippen LogP contribution in [0.5, 0.6) is 0 Å². The molecule has 0 aliphatic carbocycles. The number of carbonyl (C=O) groups is 4. The van der Waals surface area contributed by atoms with E-state index in [0.29, 0.717) is 19.4 Å². The molecule has 1 unspecified atom stereocenters. The number of nitrogens with one attached hydrogen (secondary N) is 1. The molecule has 0 spiro atoms. The topological polar surface area (TPSA) is 167 Å². The predicted molar refractivity (Wildman–Crippen MR) is 77.2 cm³/mol. The molecule has 0 saturated carbocycles. The van der Waals surface area contributed by atoms with Crippen molar-refractivity contribution in [2.45, 2.75) is 45.6 Å². The van der Waals surface area contributed by atoms with Crippen LogP contribution in [0.3, 0.4) is 0 Å². The number of rotatable bonds is 9. The molecule has 0 heterocycles. The van der Waals surface area contributed by atoms with Crippen molar-refractivity contribution in [1.82, 2.24) is 5.32 Å². The standard InChI is InChI=1S/C11H22N2O3.C2H2O4/c1-3-5-6-8(11(15)16)7-13-9(4-2)10(12)14;3-1(4)2(5)6/h8-9,13H,3-7H2,1-2H3,(H2,12,14)(H,15,16);(H,3,4)(H,5,6)/t8?,9-;/m0./s1. The Bertz CT molecular complexity index is 373. The van der Waals surface area contributed by atoms with Crippen LogP contribution in [0.2, 0.25) is 0 Å². The van der Waals surface area contributed by atoms with E-state index in [9.17, 15) is 9.59 Å². The lowest BCUT2D eigenvalue weighted by Gasteiger charge is -2.17. The van der Waals surface area contributed by atoms with Crippen LogP contribution in [0.25, 0.3) is 0 Å². The smallest absolute Gasteiger partial charge is 0.414 e. The van der Waals surface area contributed by atoms with Crippen molar-refractivity contribution in [2.24, 2.45) is 11.7 Å². The zero-order chi connectivity index (χ0) is 17.7. The van der Waals surface area contributed by atoms with Crippen molar-refractivity contribution >= 4 is 23.8 Å². The highest BCUT2D eigenvalue weighted by Gasteiger charge is 2.19. The lowest BCUT2D eigenvalue weighted by molar-refractivity contribution is -0.159. The minimum atomic E-state index is -1.82. The van der Waals surface area contributed by atoms with Gasteiger partial charge in [0.05, 0.1) is 12.0 Å². The van der Waals surface area contributed by atoms with E-state index in [1.54, 1.807) is 0 Å². The molecule has 0 aliphatic heterocycles. The molecule has 0 rings (SSSR count). The van der Waals surface area contributed by atoms with Crippen LogP contribution < -0.4 is 11.1 Å². The summed E-state index contributed by atoms with van der Waals surface area (Å²) in [7, 11) is 0. The number of aliphatic carboxylic acids is 3. The van der Waals surface area contributed by atoms with Gasteiger partial charge in [-0.3, -0.25) is 9.59 Å². The Hall–Kier alpha value is -2.16. The maximum Gasteiger partial charge on any atom is 0.414 e. The zero-order valence-electron chi connectivity index (χ0n) is 12.7. The summed E-state index contributed by atoms with van der Waals surface area (Å²) >= 11 is 0. The molecule has 0 bridgehead atoms. The van der Waals surface area contributed by atoms with E-state index < -0.39 is 35.8 Å². The van der Waals surface area contributed by atoms with Gasteiger partial charge in [0.2, 0.25) is 5.91 Å². The monoisotopic (exact) mass is 320 g/mol. The van der Waals surface area contributed by atoms with Gasteiger partial charge in [0.15, 0.2) is 0 Å². The second kappa shape index (κ2) is 12.6. The Kier molecular flexibility index (Phi) is 12.6. The molecule has 1 amide bonds. The summed E-state index contributed by atoms with van der Waals surface area (Å²) in [5.41, 5.74) is 5.16. The van der Waals surface area contributed by atoms with Gasteiger partial charge in [-0.05, 0) is 12.8 Å². The third-order valence-electron chi connectivity index (χ3n) is 2.80. The van der Waals surface area contributed by atoms with E-state index in [1.807, 2.05) is 13.8 Å². The van der Waals surface area contributed by atoms with Crippen LogP contribution >= 0.6 is 0 Å². The Balaban J connectivity index is 0. The van der Waals surface area contributed by atoms with Crippen molar-refractivity contribution in [3.05, 3.63) is 0 Å². The van der Waals surface area contributed by atoms with Crippen LogP contribution in [0.4, 0.5) is 0 Å². The molecule has 0 aromatic heterocycles. The molecule has 0 radical (unpaired) electrons. The summed E-state index contributed by atoms with van der Waals surface area (Å²) in [6.07, 6.45) is 3.06. The van der Waals surface area contributed by atoms with Gasteiger partial charge in [0.25, 0.3) is 0 Å². The van der Waals surface area contributed by atoms with Gasteiger partial charge < -0.3 is 26.4 Å². The fraction of sp³-hybridized carbons (Fsp3) is 0.692. The highest BCUT2D eigenvalue weighted by atomic mass is 16.4. The van der Waals surface area contributed by atoms with E-state index in [0.717, 1.165) is 12.8 Å². The lowest BCUT2D eigenvalue weighted by Crippen LogP contribution is -2.43. The van der Waals surface area contributed by atoms with Crippen LogP contribution in [-0.2, 0) is 19.2 Å². The number of unbranched alkanes of at least 4 members (excludes halogenated alkanes) is 1. The second-order valence-corrected chi connectivity index (χ2v) is 4.56. The number of hydrogen-bond donors (Lipinski definition) is 5. The number of nitrogens with two attached hydrogens (primary N) is 1. The molecule has 0 saturated heterocycles. The molecule has 0 aromatic rings. The van der Waals surface area contributed by atoms with Gasteiger partial charge in [-0.25, -0.2) is 9.59 Å². The molecule has 6 N–H and O–H groups in total. The first-order valence-corrected chi connectivity index (χ1v) is 6.88. The Morgan fingerprint density at radius 2 is 1.55 bits per heavy atom. The summed E-state index contributed by atoms with van der Waals surface area (Å²) in [5, 5.41) is 26.7. The number of carboxylic acid groups (broad SMARTS) is 3. The highest BCUT2D eigenvalue weighted by molar-refractivity contribution is 6.27. The van der Waals surface area contributed by atoms with E-state index in [4.69, 9.17) is 30.6 Å². The van der Waals surface area contributed by atoms with Gasteiger partial charge in [0, 0.05) is 6.54 Å². The Labute approximate surface area is 128 Å². The van der Waals surface area contributed by atoms with Gasteiger partial charge >= 0.3 is 17.9 Å². The normalized spacial score (nSPS) is 12.5. The van der Waals surface area contributed by atoms with Crippen LogP contribution in [-0.4, -0.2) is 51.7 Å². The molecule has 128 valence electrons. The van der Waals surface area contributed by atoms with E-state index in [-0.39, 0.29) is 0 Å². The fourth-order valence-corrected chi connectivity index (χ4v) is 1.49. The lowest BCUT2D eigenvalue weighted by atomic mass is 10.0. The van der Waals surface area contributed by atoms with Gasteiger partial charge in [0.1, 0.15) is 0 Å². The molecule has 0 aliphatic rings. The fourth-order valence-electron chi connectivity index (χ4n) is 1.49. The number of carbonyl (C=O) groups excluding carboxylic acids is 1. The van der Waals surface area contributed by atoms with E-state index >= 15 is 0 Å².